The summed E-state index contributed by atoms with van der Waals surface area (Å²) in [6.45, 7) is 6.32. The molecule has 3 nitrogen and oxygen atoms in total. The van der Waals surface area contributed by atoms with Gasteiger partial charge in [-0.3, -0.25) is 4.79 Å². The number of carbonyl (C=O) groups is 1. The van der Waals surface area contributed by atoms with Crippen LogP contribution in [0.5, 0.6) is 0 Å². The highest BCUT2D eigenvalue weighted by Crippen LogP contribution is 2.20. The minimum Gasteiger partial charge on any atom is -0.342 e. The lowest BCUT2D eigenvalue weighted by Gasteiger charge is -2.30. The van der Waals surface area contributed by atoms with Crippen molar-refractivity contribution in [3.63, 3.8) is 0 Å². The lowest BCUT2D eigenvalue weighted by molar-refractivity contribution is 0.0907. The molecule has 0 heterocycles. The Hall–Kier alpha value is -2.13. The van der Waals surface area contributed by atoms with E-state index in [0.29, 0.717) is 12.1 Å². The third kappa shape index (κ3) is 3.31. The van der Waals surface area contributed by atoms with Crippen molar-refractivity contribution in [2.45, 2.75) is 26.3 Å². The Morgan fingerprint density at radius 1 is 1.10 bits per heavy atom. The molecule has 2 rings (SSSR count). The van der Waals surface area contributed by atoms with Gasteiger partial charge in [-0.2, -0.15) is 0 Å². The van der Waals surface area contributed by atoms with Crippen LogP contribution in [0.3, 0.4) is 0 Å². The smallest absolute Gasteiger partial charge is 0.252 e. The molecule has 1 unspecified atom stereocenters. The lowest BCUT2D eigenvalue weighted by Crippen LogP contribution is -2.48. The first kappa shape index (κ1) is 15.3. The molecule has 0 saturated heterocycles. The van der Waals surface area contributed by atoms with Crippen molar-refractivity contribution in [2.75, 3.05) is 6.54 Å². The molecule has 3 N–H and O–H groups in total. The molecule has 3 heteroatoms. The number of hydrogen-bond donors (Lipinski definition) is 2. The van der Waals surface area contributed by atoms with Gasteiger partial charge in [-0.05, 0) is 49.6 Å². The van der Waals surface area contributed by atoms with Crippen molar-refractivity contribution in [1.82, 2.24) is 5.32 Å². The molecule has 0 aliphatic rings. The van der Waals surface area contributed by atoms with Gasteiger partial charge in [0.05, 0.1) is 5.54 Å². The molecule has 21 heavy (non-hydrogen) atoms. The Kier molecular flexibility index (Phi) is 4.43. The second-order valence-electron chi connectivity index (χ2n) is 5.66. The molecule has 110 valence electrons. The Morgan fingerprint density at radius 2 is 1.76 bits per heavy atom. The van der Waals surface area contributed by atoms with E-state index in [0.717, 1.165) is 11.1 Å². The zero-order valence-corrected chi connectivity index (χ0v) is 12.8. The fraction of sp³-hybridized carbons (Fsp3) is 0.278. The molecule has 0 spiro atoms. The highest BCUT2D eigenvalue weighted by molar-refractivity contribution is 5.95. The minimum atomic E-state index is -0.572. The Labute approximate surface area is 126 Å². The van der Waals surface area contributed by atoms with Gasteiger partial charge in [0.25, 0.3) is 5.91 Å². The largest absolute Gasteiger partial charge is 0.342 e. The molecule has 0 saturated carbocycles. The zero-order chi connectivity index (χ0) is 15.5. The van der Waals surface area contributed by atoms with E-state index in [1.807, 2.05) is 69.3 Å². The topological polar surface area (TPSA) is 55.1 Å². The monoisotopic (exact) mass is 282 g/mol. The molecule has 0 aliphatic heterocycles. The summed E-state index contributed by atoms with van der Waals surface area (Å²) in [5, 5.41) is 3.06. The van der Waals surface area contributed by atoms with Crippen LogP contribution in [0.1, 0.15) is 34.0 Å². The van der Waals surface area contributed by atoms with E-state index >= 15 is 0 Å². The van der Waals surface area contributed by atoms with Gasteiger partial charge in [-0.15, -0.1) is 0 Å². The predicted octanol–water partition coefficient (Wildman–Crippen LogP) is 2.91. The van der Waals surface area contributed by atoms with E-state index in [2.05, 4.69) is 5.32 Å². The maximum Gasteiger partial charge on any atom is 0.252 e. The van der Waals surface area contributed by atoms with Crippen LogP contribution in [0.4, 0.5) is 0 Å². The molecule has 1 atom stereocenters. The third-order valence-corrected chi connectivity index (χ3v) is 3.98. The van der Waals surface area contributed by atoms with Crippen LogP contribution in [0.2, 0.25) is 0 Å². The van der Waals surface area contributed by atoms with E-state index in [9.17, 15) is 4.79 Å². The number of aryl methyl sites for hydroxylation is 2. The average molecular weight is 282 g/mol. The fourth-order valence-electron chi connectivity index (χ4n) is 2.25. The molecule has 1 amide bonds. The van der Waals surface area contributed by atoms with Gasteiger partial charge in [0.2, 0.25) is 0 Å². The lowest BCUT2D eigenvalue weighted by atomic mass is 9.91. The Balaban J connectivity index is 2.26. The first-order valence-corrected chi connectivity index (χ1v) is 7.11. The summed E-state index contributed by atoms with van der Waals surface area (Å²) in [6, 6.07) is 15.5. The van der Waals surface area contributed by atoms with Crippen LogP contribution in [-0.2, 0) is 5.54 Å². The molecule has 0 aliphatic carbocycles. The van der Waals surface area contributed by atoms with Gasteiger partial charge in [0, 0.05) is 12.1 Å². The number of carbonyl (C=O) groups excluding carboxylic acids is 1. The number of rotatable bonds is 4. The third-order valence-electron chi connectivity index (χ3n) is 3.98. The van der Waals surface area contributed by atoms with Crippen LogP contribution in [0.25, 0.3) is 0 Å². The van der Waals surface area contributed by atoms with Crippen LogP contribution in [-0.4, -0.2) is 12.5 Å². The van der Waals surface area contributed by atoms with Crippen molar-refractivity contribution in [3.05, 3.63) is 70.8 Å². The van der Waals surface area contributed by atoms with E-state index in [1.54, 1.807) is 0 Å². The van der Waals surface area contributed by atoms with Crippen molar-refractivity contribution in [2.24, 2.45) is 5.73 Å². The van der Waals surface area contributed by atoms with Gasteiger partial charge >= 0.3 is 0 Å². The molecular weight excluding hydrogens is 260 g/mol. The molecule has 0 fully saturated rings. The Morgan fingerprint density at radius 3 is 2.33 bits per heavy atom. The average Bonchev–Trinajstić information content (AvgIpc) is 2.50. The van der Waals surface area contributed by atoms with Crippen molar-refractivity contribution in [1.29, 1.82) is 0 Å². The second-order valence-corrected chi connectivity index (χ2v) is 5.66. The summed E-state index contributed by atoms with van der Waals surface area (Å²) in [5.41, 5.74) is 9.28. The fourth-order valence-corrected chi connectivity index (χ4v) is 2.25. The highest BCUT2D eigenvalue weighted by Gasteiger charge is 2.27. The SMILES string of the molecule is Cc1ccc(C(=O)NC(C)(CN)c2ccccc2)cc1C. The van der Waals surface area contributed by atoms with Crippen molar-refractivity contribution >= 4 is 5.91 Å². The number of nitrogens with two attached hydrogens (primary N) is 1. The van der Waals surface area contributed by atoms with Crippen LogP contribution < -0.4 is 11.1 Å². The van der Waals surface area contributed by atoms with E-state index in [4.69, 9.17) is 5.73 Å². The molecule has 0 bridgehead atoms. The number of nitrogens with one attached hydrogen (secondary N) is 1. The van der Waals surface area contributed by atoms with Gasteiger partial charge in [0.1, 0.15) is 0 Å². The molecule has 0 aromatic heterocycles. The second kappa shape index (κ2) is 6.10. The first-order chi connectivity index (χ1) is 9.96. The zero-order valence-electron chi connectivity index (χ0n) is 12.8. The molecule has 2 aromatic rings. The molecular formula is C18H22N2O. The summed E-state index contributed by atoms with van der Waals surface area (Å²) in [4.78, 5) is 12.5. The van der Waals surface area contributed by atoms with Crippen LogP contribution in [0, 0.1) is 13.8 Å². The first-order valence-electron chi connectivity index (χ1n) is 7.11. The van der Waals surface area contributed by atoms with Gasteiger partial charge in [0.15, 0.2) is 0 Å². The number of benzene rings is 2. The van der Waals surface area contributed by atoms with Gasteiger partial charge in [-0.1, -0.05) is 36.4 Å². The molecule has 0 radical (unpaired) electrons. The summed E-state index contributed by atoms with van der Waals surface area (Å²) in [6.07, 6.45) is 0. The minimum absolute atomic E-state index is 0.102. The van der Waals surface area contributed by atoms with E-state index < -0.39 is 5.54 Å². The van der Waals surface area contributed by atoms with Crippen molar-refractivity contribution in [3.8, 4) is 0 Å². The summed E-state index contributed by atoms with van der Waals surface area (Å²) in [7, 11) is 0. The van der Waals surface area contributed by atoms with Gasteiger partial charge < -0.3 is 11.1 Å². The van der Waals surface area contributed by atoms with E-state index in [1.165, 1.54) is 5.56 Å². The van der Waals surface area contributed by atoms with Crippen molar-refractivity contribution < 1.29 is 4.79 Å². The quantitative estimate of drug-likeness (QED) is 0.906. The van der Waals surface area contributed by atoms with Crippen LogP contribution >= 0.6 is 0 Å². The number of hydrogen-bond acceptors (Lipinski definition) is 2. The maximum atomic E-state index is 12.5. The predicted molar refractivity (Wildman–Crippen MR) is 86.2 cm³/mol. The summed E-state index contributed by atoms with van der Waals surface area (Å²) >= 11 is 0. The summed E-state index contributed by atoms with van der Waals surface area (Å²) in [5.74, 6) is -0.102. The summed E-state index contributed by atoms with van der Waals surface area (Å²) < 4.78 is 0. The highest BCUT2D eigenvalue weighted by atomic mass is 16.1. The van der Waals surface area contributed by atoms with Crippen LogP contribution in [0.15, 0.2) is 48.5 Å². The Bertz CT molecular complexity index is 637. The van der Waals surface area contributed by atoms with Gasteiger partial charge in [-0.25, -0.2) is 0 Å². The normalized spacial score (nSPS) is 13.5. The maximum absolute atomic E-state index is 12.5. The van der Waals surface area contributed by atoms with E-state index in [-0.39, 0.29) is 5.91 Å². The molecule has 2 aromatic carbocycles. The standard InChI is InChI=1S/C18H22N2O/c1-13-9-10-15(11-14(13)2)17(21)20-18(3,12-19)16-7-5-4-6-8-16/h4-11H,12,19H2,1-3H3,(H,20,21). The number of amides is 1.